The van der Waals surface area contributed by atoms with Gasteiger partial charge in [0, 0.05) is 19.1 Å². The summed E-state index contributed by atoms with van der Waals surface area (Å²) in [5.41, 5.74) is 3.06. The minimum Gasteiger partial charge on any atom is -0.379 e. The highest BCUT2D eigenvalue weighted by Crippen LogP contribution is 2.26. The van der Waals surface area contributed by atoms with Crippen LogP contribution >= 0.6 is 0 Å². The first-order valence-corrected chi connectivity index (χ1v) is 7.55. The smallest absolute Gasteiger partial charge is 0.0594 e. The van der Waals surface area contributed by atoms with Crippen LogP contribution in [0.2, 0.25) is 0 Å². The summed E-state index contributed by atoms with van der Waals surface area (Å²) >= 11 is 0. The Balaban J connectivity index is 1.50. The molecule has 2 aliphatic heterocycles. The molecule has 1 aromatic carbocycles. The summed E-state index contributed by atoms with van der Waals surface area (Å²) in [4.78, 5) is 2.53. The molecule has 1 saturated heterocycles. The Labute approximate surface area is 115 Å². The monoisotopic (exact) mass is 260 g/mol. The second-order valence-corrected chi connectivity index (χ2v) is 5.55. The third kappa shape index (κ3) is 3.35. The predicted octanol–water partition coefficient (Wildman–Crippen LogP) is 1.99. The molecule has 0 spiro atoms. The van der Waals surface area contributed by atoms with Crippen LogP contribution in [0.25, 0.3) is 0 Å². The Hall–Kier alpha value is -0.900. The van der Waals surface area contributed by atoms with Crippen LogP contribution in [0.15, 0.2) is 24.3 Å². The van der Waals surface area contributed by atoms with E-state index in [1.54, 1.807) is 0 Å². The van der Waals surface area contributed by atoms with Gasteiger partial charge in [0.05, 0.1) is 13.2 Å². The summed E-state index contributed by atoms with van der Waals surface area (Å²) in [6, 6.07) is 9.47. The van der Waals surface area contributed by atoms with Gasteiger partial charge in [-0.1, -0.05) is 24.3 Å². The molecule has 0 aliphatic carbocycles. The minimum atomic E-state index is 0.561. The fourth-order valence-corrected chi connectivity index (χ4v) is 3.19. The van der Waals surface area contributed by atoms with Crippen molar-refractivity contribution in [3.63, 3.8) is 0 Å². The second-order valence-electron chi connectivity index (χ2n) is 5.55. The van der Waals surface area contributed by atoms with E-state index in [9.17, 15) is 0 Å². The van der Waals surface area contributed by atoms with Gasteiger partial charge in [0.15, 0.2) is 0 Å². The van der Waals surface area contributed by atoms with Gasteiger partial charge in [0.2, 0.25) is 0 Å². The van der Waals surface area contributed by atoms with Crippen LogP contribution in [-0.4, -0.2) is 44.3 Å². The van der Waals surface area contributed by atoms with Gasteiger partial charge < -0.3 is 10.1 Å². The van der Waals surface area contributed by atoms with Crippen molar-refractivity contribution in [1.29, 1.82) is 0 Å². The largest absolute Gasteiger partial charge is 0.379 e. The molecule has 3 nitrogen and oxygen atoms in total. The third-order valence-electron chi connectivity index (χ3n) is 4.29. The number of nitrogens with zero attached hydrogens (tertiary/aromatic N) is 1. The zero-order chi connectivity index (χ0) is 12.9. The number of fused-ring (bicyclic) bond motifs is 1. The fourth-order valence-electron chi connectivity index (χ4n) is 3.19. The maximum Gasteiger partial charge on any atom is 0.0594 e. The normalized spacial score (nSPS) is 24.1. The summed E-state index contributed by atoms with van der Waals surface area (Å²) in [5.74, 6) is 0. The molecule has 1 fully saturated rings. The highest BCUT2D eigenvalue weighted by molar-refractivity contribution is 5.32. The first-order valence-electron chi connectivity index (χ1n) is 7.55. The molecule has 19 heavy (non-hydrogen) atoms. The Morgan fingerprint density at radius 3 is 2.95 bits per heavy atom. The van der Waals surface area contributed by atoms with Crippen molar-refractivity contribution in [2.75, 3.05) is 39.4 Å². The molecule has 0 radical (unpaired) electrons. The lowest BCUT2D eigenvalue weighted by atomic mass is 9.92. The summed E-state index contributed by atoms with van der Waals surface area (Å²) in [7, 11) is 0. The zero-order valence-corrected chi connectivity index (χ0v) is 11.6. The molecule has 0 bridgehead atoms. The van der Waals surface area contributed by atoms with Crippen molar-refractivity contribution < 1.29 is 4.74 Å². The molecule has 1 unspecified atom stereocenters. The molecule has 2 aliphatic rings. The lowest BCUT2D eigenvalue weighted by molar-refractivity contribution is 0.0368. The van der Waals surface area contributed by atoms with Gasteiger partial charge in [-0.2, -0.15) is 0 Å². The maximum absolute atomic E-state index is 5.39. The molecular weight excluding hydrogens is 236 g/mol. The van der Waals surface area contributed by atoms with E-state index in [4.69, 9.17) is 4.74 Å². The molecule has 104 valence electrons. The summed E-state index contributed by atoms with van der Waals surface area (Å²) < 4.78 is 5.39. The van der Waals surface area contributed by atoms with Crippen LogP contribution in [-0.2, 0) is 11.2 Å². The van der Waals surface area contributed by atoms with Gasteiger partial charge >= 0.3 is 0 Å². The Kier molecular flexibility index (Phi) is 4.49. The number of hydrogen-bond donors (Lipinski definition) is 1. The van der Waals surface area contributed by atoms with E-state index in [0.717, 1.165) is 32.8 Å². The maximum atomic E-state index is 5.39. The molecule has 0 aromatic heterocycles. The highest BCUT2D eigenvalue weighted by Gasteiger charge is 2.19. The van der Waals surface area contributed by atoms with Crippen LogP contribution in [0.3, 0.4) is 0 Å². The van der Waals surface area contributed by atoms with Gasteiger partial charge in [0.1, 0.15) is 0 Å². The molecule has 2 heterocycles. The van der Waals surface area contributed by atoms with Crippen molar-refractivity contribution in [1.82, 2.24) is 10.2 Å². The molecular formula is C16H24N2O. The summed E-state index contributed by atoms with van der Waals surface area (Å²) in [6.45, 7) is 6.36. The Bertz CT molecular complexity index is 401. The van der Waals surface area contributed by atoms with Crippen LogP contribution in [0, 0.1) is 0 Å². The lowest BCUT2D eigenvalue weighted by Crippen LogP contribution is -2.37. The molecule has 0 amide bonds. The second kappa shape index (κ2) is 6.51. The average molecular weight is 260 g/mol. The third-order valence-corrected chi connectivity index (χ3v) is 4.29. The van der Waals surface area contributed by atoms with Gasteiger partial charge in [-0.05, 0) is 43.5 Å². The molecule has 3 rings (SSSR count). The van der Waals surface area contributed by atoms with Gasteiger partial charge in [-0.25, -0.2) is 0 Å². The molecule has 1 aromatic rings. The number of hydrogen-bond acceptors (Lipinski definition) is 3. The molecule has 1 atom stereocenters. The van der Waals surface area contributed by atoms with Crippen LogP contribution < -0.4 is 5.32 Å². The van der Waals surface area contributed by atoms with Crippen molar-refractivity contribution in [2.45, 2.75) is 25.3 Å². The Morgan fingerprint density at radius 2 is 2.05 bits per heavy atom. The van der Waals surface area contributed by atoms with E-state index in [-0.39, 0.29) is 0 Å². The number of morpholine rings is 1. The van der Waals surface area contributed by atoms with Gasteiger partial charge in [-0.3, -0.25) is 4.90 Å². The van der Waals surface area contributed by atoms with Crippen molar-refractivity contribution in [3.05, 3.63) is 35.4 Å². The average Bonchev–Trinajstić information content (AvgIpc) is 2.49. The van der Waals surface area contributed by atoms with Crippen LogP contribution in [0.1, 0.15) is 30.0 Å². The first-order chi connectivity index (χ1) is 9.43. The zero-order valence-electron chi connectivity index (χ0n) is 11.6. The number of ether oxygens (including phenoxy) is 1. The topological polar surface area (TPSA) is 24.5 Å². The molecule has 1 N–H and O–H groups in total. The first kappa shape index (κ1) is 13.1. The van der Waals surface area contributed by atoms with E-state index in [2.05, 4.69) is 34.5 Å². The van der Waals surface area contributed by atoms with Crippen LogP contribution in [0.4, 0.5) is 0 Å². The Morgan fingerprint density at radius 1 is 1.21 bits per heavy atom. The number of rotatable bonds is 4. The van der Waals surface area contributed by atoms with Crippen molar-refractivity contribution in [2.24, 2.45) is 0 Å². The van der Waals surface area contributed by atoms with E-state index < -0.39 is 0 Å². The quantitative estimate of drug-likeness (QED) is 0.896. The predicted molar refractivity (Wildman–Crippen MR) is 77.4 cm³/mol. The molecule has 0 saturated carbocycles. The minimum absolute atomic E-state index is 0.561. The van der Waals surface area contributed by atoms with E-state index in [0.29, 0.717) is 6.04 Å². The lowest BCUT2D eigenvalue weighted by Gasteiger charge is -2.29. The SMILES string of the molecule is c1ccc2c(c1)CCNC2CCCN1CCOCC1. The summed E-state index contributed by atoms with van der Waals surface area (Å²) in [6.07, 6.45) is 3.69. The summed E-state index contributed by atoms with van der Waals surface area (Å²) in [5, 5.41) is 3.67. The van der Waals surface area contributed by atoms with E-state index >= 15 is 0 Å². The van der Waals surface area contributed by atoms with Gasteiger partial charge in [-0.15, -0.1) is 0 Å². The highest BCUT2D eigenvalue weighted by atomic mass is 16.5. The van der Waals surface area contributed by atoms with Crippen molar-refractivity contribution in [3.8, 4) is 0 Å². The fraction of sp³-hybridized carbons (Fsp3) is 0.625. The number of nitrogens with one attached hydrogen (secondary N) is 1. The standard InChI is InChI=1S/C16H24N2O/c1-2-5-15-14(4-1)7-8-17-16(15)6-3-9-18-10-12-19-13-11-18/h1-2,4-5,16-17H,3,6-13H2. The van der Waals surface area contributed by atoms with E-state index in [1.165, 1.54) is 36.9 Å². The van der Waals surface area contributed by atoms with Crippen molar-refractivity contribution >= 4 is 0 Å². The van der Waals surface area contributed by atoms with E-state index in [1.807, 2.05) is 0 Å². The van der Waals surface area contributed by atoms with Gasteiger partial charge in [0.25, 0.3) is 0 Å². The number of benzene rings is 1. The molecule has 3 heteroatoms. The van der Waals surface area contributed by atoms with Crippen LogP contribution in [0.5, 0.6) is 0 Å².